The van der Waals surface area contributed by atoms with E-state index >= 15 is 0 Å². The molecule has 3 aliphatic rings. The molecule has 0 bridgehead atoms. The maximum absolute atomic E-state index is 14.7. The van der Waals surface area contributed by atoms with Crippen LogP contribution in [0.4, 0.5) is 8.78 Å². The molecule has 2 atom stereocenters. The number of rotatable bonds is 5. The molecule has 2 N–H and O–H groups in total. The van der Waals surface area contributed by atoms with Crippen molar-refractivity contribution in [3.05, 3.63) is 71.3 Å². The maximum atomic E-state index is 14.7. The van der Waals surface area contributed by atoms with Gasteiger partial charge in [-0.05, 0) is 62.4 Å². The molecule has 0 amide bonds. The molecule has 0 aromatic heterocycles. The Kier molecular flexibility index (Phi) is 6.14. The summed E-state index contributed by atoms with van der Waals surface area (Å²) in [5.41, 5.74) is 7.13. The smallest absolute Gasteiger partial charge is 0.207 e. The number of fused-ring (bicyclic) bond motifs is 1. The minimum atomic E-state index is -0.630. The third-order valence-corrected chi connectivity index (χ3v) is 8.62. The minimum Gasteiger partial charge on any atom is -0.330 e. The Balaban J connectivity index is 1.62. The highest BCUT2D eigenvalue weighted by Crippen LogP contribution is 2.53. The van der Waals surface area contributed by atoms with Crippen molar-refractivity contribution in [2.45, 2.75) is 42.3 Å². The zero-order valence-corrected chi connectivity index (χ0v) is 19.2. The molecule has 3 heterocycles. The molecule has 9 heteroatoms. The van der Waals surface area contributed by atoms with Gasteiger partial charge < -0.3 is 5.73 Å². The number of hydrogen-bond acceptors (Lipinski definition) is 7. The predicted molar refractivity (Wildman–Crippen MR) is 128 cm³/mol. The summed E-state index contributed by atoms with van der Waals surface area (Å²) < 4.78 is 28.8. The number of hydrazone groups is 2. The minimum absolute atomic E-state index is 0.173. The zero-order chi connectivity index (χ0) is 22.1. The van der Waals surface area contributed by atoms with E-state index in [-0.39, 0.29) is 5.56 Å². The monoisotopic (exact) mass is 473 g/mol. The number of piperidine rings is 1. The van der Waals surface area contributed by atoms with Gasteiger partial charge in [-0.2, -0.15) is 5.10 Å². The third kappa shape index (κ3) is 3.91. The van der Waals surface area contributed by atoms with Crippen LogP contribution in [-0.4, -0.2) is 38.7 Å². The molecule has 2 aromatic rings. The fourth-order valence-corrected chi connectivity index (χ4v) is 7.08. The van der Waals surface area contributed by atoms with Gasteiger partial charge in [0.05, 0.1) is 5.37 Å². The summed E-state index contributed by atoms with van der Waals surface area (Å²) in [4.78, 5) is -0.630. The molecule has 0 radical (unpaired) electrons. The van der Waals surface area contributed by atoms with Crippen LogP contribution in [0.25, 0.3) is 0 Å². The van der Waals surface area contributed by atoms with Gasteiger partial charge >= 0.3 is 0 Å². The summed E-state index contributed by atoms with van der Waals surface area (Å²) in [6.07, 6.45) is 4.85. The molecule has 0 spiro atoms. The van der Waals surface area contributed by atoms with Gasteiger partial charge in [-0.25, -0.2) is 13.8 Å². The van der Waals surface area contributed by atoms with E-state index in [4.69, 9.17) is 15.9 Å². The first kappa shape index (κ1) is 21.7. The van der Waals surface area contributed by atoms with Gasteiger partial charge in [0.2, 0.25) is 5.17 Å². The topological polar surface area (TPSA) is 57.2 Å². The van der Waals surface area contributed by atoms with E-state index in [1.54, 1.807) is 11.8 Å². The van der Waals surface area contributed by atoms with Crippen molar-refractivity contribution >= 4 is 33.7 Å². The van der Waals surface area contributed by atoms with E-state index in [1.165, 1.54) is 24.2 Å². The van der Waals surface area contributed by atoms with Crippen molar-refractivity contribution < 1.29 is 8.78 Å². The van der Waals surface area contributed by atoms with Crippen LogP contribution >= 0.6 is 23.5 Å². The second-order valence-corrected chi connectivity index (χ2v) is 10.5. The van der Waals surface area contributed by atoms with E-state index in [9.17, 15) is 8.78 Å². The molecule has 1 fully saturated rings. The van der Waals surface area contributed by atoms with Crippen molar-refractivity contribution in [1.82, 2.24) is 10.0 Å². The van der Waals surface area contributed by atoms with Gasteiger partial charge in [0.15, 0.2) is 0 Å². The molecule has 2 aromatic carbocycles. The predicted octanol–water partition coefficient (Wildman–Crippen LogP) is 5.10. The summed E-state index contributed by atoms with van der Waals surface area (Å²) in [5.74, 6) is -0.973. The van der Waals surface area contributed by atoms with Crippen LogP contribution < -0.4 is 5.73 Å². The number of nitrogens with zero attached hydrogens (tertiary/aromatic N) is 4. The number of halogens is 2. The number of thioether (sulfide) groups is 2. The van der Waals surface area contributed by atoms with E-state index in [0.29, 0.717) is 23.4 Å². The third-order valence-electron chi connectivity index (χ3n) is 5.96. The fourth-order valence-electron chi connectivity index (χ4n) is 4.35. The Hall–Kier alpha value is -2.10. The molecular weight excluding hydrogens is 448 g/mol. The average Bonchev–Trinajstić information content (AvgIpc) is 3.42. The molecular formula is C23H25F2N5S2. The second-order valence-electron chi connectivity index (χ2n) is 8.10. The lowest BCUT2D eigenvalue weighted by Crippen LogP contribution is -2.40. The van der Waals surface area contributed by atoms with E-state index < -0.39 is 16.5 Å². The molecule has 2 unspecified atom stereocenters. The van der Waals surface area contributed by atoms with Crippen LogP contribution in [0, 0.1) is 11.6 Å². The van der Waals surface area contributed by atoms with Crippen LogP contribution in [0.2, 0.25) is 0 Å². The first-order valence-electron chi connectivity index (χ1n) is 10.9. The molecule has 0 saturated carbocycles. The Morgan fingerprint density at radius 2 is 1.94 bits per heavy atom. The second kappa shape index (κ2) is 9.03. The Labute approximate surface area is 195 Å². The van der Waals surface area contributed by atoms with Gasteiger partial charge in [0.25, 0.3) is 0 Å². The maximum Gasteiger partial charge on any atom is 0.207 e. The Morgan fingerprint density at radius 3 is 2.72 bits per heavy atom. The Bertz CT molecular complexity index is 1050. The average molecular weight is 474 g/mol. The molecule has 3 aliphatic heterocycles. The van der Waals surface area contributed by atoms with Crippen molar-refractivity contribution in [3.63, 3.8) is 0 Å². The SMILES string of the molecule is NCCCC1(c2ccccc2)SC(c2cc(F)ccc2F)=NN1C1=NN2CCCCC2S1. The van der Waals surface area contributed by atoms with Gasteiger partial charge in [-0.3, -0.25) is 5.01 Å². The highest BCUT2D eigenvalue weighted by Gasteiger charge is 2.50. The quantitative estimate of drug-likeness (QED) is 0.655. The fraction of sp³-hybridized carbons (Fsp3) is 0.391. The lowest BCUT2D eigenvalue weighted by Gasteiger charge is -2.36. The lowest BCUT2D eigenvalue weighted by atomic mass is 10.0. The van der Waals surface area contributed by atoms with Gasteiger partial charge in [0, 0.05) is 12.1 Å². The van der Waals surface area contributed by atoms with Crippen molar-refractivity contribution in [1.29, 1.82) is 0 Å². The molecule has 5 nitrogen and oxygen atoms in total. The number of benzene rings is 2. The highest BCUT2D eigenvalue weighted by atomic mass is 32.2. The standard InChI is InChI=1S/C23H25F2N5S2/c24-17-10-11-19(25)18(15-17)21-27-30(22-28-29-14-5-4-9-20(29)31-22)23(32-21,12-6-13-26)16-7-2-1-3-8-16/h1-3,7-8,10-11,15,20H,4-6,9,12-14,26H2. The first-order valence-corrected chi connectivity index (χ1v) is 12.6. The van der Waals surface area contributed by atoms with Crippen LogP contribution in [-0.2, 0) is 4.87 Å². The van der Waals surface area contributed by atoms with Gasteiger partial charge in [0.1, 0.15) is 21.5 Å². The molecule has 168 valence electrons. The number of amidine groups is 1. The zero-order valence-electron chi connectivity index (χ0n) is 17.6. The summed E-state index contributed by atoms with van der Waals surface area (Å²) in [6.45, 7) is 1.46. The van der Waals surface area contributed by atoms with E-state index in [1.807, 2.05) is 23.2 Å². The van der Waals surface area contributed by atoms with Crippen molar-refractivity contribution in [2.24, 2.45) is 15.9 Å². The van der Waals surface area contributed by atoms with E-state index in [2.05, 4.69) is 17.1 Å². The summed E-state index contributed by atoms with van der Waals surface area (Å²) in [7, 11) is 0. The van der Waals surface area contributed by atoms with Crippen LogP contribution in [0.15, 0.2) is 58.7 Å². The van der Waals surface area contributed by atoms with Gasteiger partial charge in [-0.15, -0.1) is 5.10 Å². The van der Waals surface area contributed by atoms with Crippen LogP contribution in [0.3, 0.4) is 0 Å². The largest absolute Gasteiger partial charge is 0.330 e. The summed E-state index contributed by atoms with van der Waals surface area (Å²) in [5, 5.41) is 15.4. The molecule has 0 aliphatic carbocycles. The van der Waals surface area contributed by atoms with Crippen LogP contribution in [0.5, 0.6) is 0 Å². The number of hydrogen-bond donors (Lipinski definition) is 1. The van der Waals surface area contributed by atoms with Crippen LogP contribution in [0.1, 0.15) is 43.2 Å². The van der Waals surface area contributed by atoms with E-state index in [0.717, 1.165) is 48.7 Å². The Morgan fingerprint density at radius 1 is 1.09 bits per heavy atom. The van der Waals surface area contributed by atoms with Gasteiger partial charge in [-0.1, -0.05) is 53.9 Å². The molecule has 5 rings (SSSR count). The number of nitrogens with two attached hydrogens (primary N) is 1. The molecule has 32 heavy (non-hydrogen) atoms. The normalized spacial score (nSPS) is 25.0. The summed E-state index contributed by atoms with van der Waals surface area (Å²) >= 11 is 3.17. The van der Waals surface area contributed by atoms with Crippen molar-refractivity contribution in [2.75, 3.05) is 13.1 Å². The first-order chi connectivity index (χ1) is 15.6. The van der Waals surface area contributed by atoms with Crippen molar-refractivity contribution in [3.8, 4) is 0 Å². The molecule has 1 saturated heterocycles. The highest BCUT2D eigenvalue weighted by molar-refractivity contribution is 8.16. The lowest BCUT2D eigenvalue weighted by molar-refractivity contribution is 0.215. The summed E-state index contributed by atoms with van der Waals surface area (Å²) in [6, 6.07) is 13.6.